The van der Waals surface area contributed by atoms with Crippen molar-refractivity contribution in [2.24, 2.45) is 0 Å². The maximum absolute atomic E-state index is 12.4. The number of nitrogens with one attached hydrogen (secondary N) is 1. The molecule has 2 aromatic rings. The van der Waals surface area contributed by atoms with Crippen molar-refractivity contribution in [1.29, 1.82) is 0 Å². The highest BCUT2D eigenvalue weighted by Crippen LogP contribution is 2.26. The molecule has 0 saturated heterocycles. The molecule has 0 aliphatic carbocycles. The lowest BCUT2D eigenvalue weighted by atomic mass is 10.3. The van der Waals surface area contributed by atoms with E-state index in [4.69, 9.17) is 16.3 Å². The summed E-state index contributed by atoms with van der Waals surface area (Å²) in [6.07, 6.45) is 1.64. The Kier molecular flexibility index (Phi) is 6.96. The molecule has 0 spiro atoms. The van der Waals surface area contributed by atoms with Crippen molar-refractivity contribution >= 4 is 27.5 Å². The highest BCUT2D eigenvalue weighted by atomic mass is 35.5. The summed E-state index contributed by atoms with van der Waals surface area (Å²) in [7, 11) is -2.30. The number of hydrogen-bond acceptors (Lipinski definition) is 5. The Bertz CT molecular complexity index is 860. The van der Waals surface area contributed by atoms with Crippen molar-refractivity contribution in [3.8, 4) is 5.75 Å². The molecule has 9 heteroatoms. The lowest BCUT2D eigenvalue weighted by Crippen LogP contribution is -2.37. The molecule has 0 aliphatic heterocycles. The van der Waals surface area contributed by atoms with Crippen LogP contribution in [0.2, 0.25) is 5.02 Å². The smallest absolute Gasteiger partial charge is 0.240 e. The van der Waals surface area contributed by atoms with E-state index in [0.29, 0.717) is 12.3 Å². The van der Waals surface area contributed by atoms with Crippen LogP contribution in [0.3, 0.4) is 0 Å². The topological polar surface area (TPSA) is 88.6 Å². The second kappa shape index (κ2) is 8.98. The Balaban J connectivity index is 1.99. The third-order valence-corrected chi connectivity index (χ3v) is 5.39. The van der Waals surface area contributed by atoms with Crippen LogP contribution in [0.15, 0.2) is 47.5 Å². The average molecular weight is 398 g/mol. The summed E-state index contributed by atoms with van der Waals surface area (Å²) in [4.78, 5) is 17.5. The van der Waals surface area contributed by atoms with Gasteiger partial charge in [0.05, 0.1) is 29.3 Å². The lowest BCUT2D eigenvalue weighted by Gasteiger charge is -2.21. The molecule has 1 heterocycles. The molecular weight excluding hydrogens is 378 g/mol. The number of rotatable bonds is 8. The number of carbonyl (C=O) groups excluding carboxylic acids is 1. The molecule has 0 bridgehead atoms. The molecule has 0 unspecified atom stereocenters. The number of nitrogens with zero attached hydrogens (tertiary/aromatic N) is 2. The second-order valence-corrected chi connectivity index (χ2v) is 7.63. The Morgan fingerprint density at radius 3 is 2.65 bits per heavy atom. The monoisotopic (exact) mass is 397 g/mol. The number of halogens is 1. The third kappa shape index (κ3) is 5.42. The Morgan fingerprint density at radius 1 is 1.31 bits per heavy atom. The van der Waals surface area contributed by atoms with Gasteiger partial charge < -0.3 is 9.64 Å². The average Bonchev–Trinajstić information content (AvgIpc) is 2.61. The predicted octanol–water partition coefficient (Wildman–Crippen LogP) is 2.07. The number of aromatic nitrogens is 1. The number of benzene rings is 1. The van der Waals surface area contributed by atoms with Crippen molar-refractivity contribution in [1.82, 2.24) is 14.6 Å². The van der Waals surface area contributed by atoms with Gasteiger partial charge in [0, 0.05) is 26.2 Å². The van der Waals surface area contributed by atoms with Gasteiger partial charge in [-0.3, -0.25) is 9.78 Å². The first-order valence-electron chi connectivity index (χ1n) is 7.82. The summed E-state index contributed by atoms with van der Waals surface area (Å²) < 4.78 is 32.2. The number of hydrogen-bond donors (Lipinski definition) is 1. The molecule has 0 aliphatic rings. The van der Waals surface area contributed by atoms with Crippen molar-refractivity contribution < 1.29 is 17.9 Å². The zero-order valence-electron chi connectivity index (χ0n) is 14.5. The Labute approximate surface area is 158 Å². The Hall–Kier alpha value is -2.16. The molecule has 1 N–H and O–H groups in total. The first kappa shape index (κ1) is 20.2. The number of pyridine rings is 1. The minimum atomic E-state index is -3.75. The van der Waals surface area contributed by atoms with Crippen LogP contribution < -0.4 is 9.46 Å². The van der Waals surface area contributed by atoms with Gasteiger partial charge in [-0.25, -0.2) is 13.1 Å². The van der Waals surface area contributed by atoms with Gasteiger partial charge in [0.25, 0.3) is 0 Å². The minimum absolute atomic E-state index is 0.0300. The number of ether oxygens (including phenoxy) is 1. The van der Waals surface area contributed by atoms with Crippen LogP contribution in [0.5, 0.6) is 5.75 Å². The number of carbonyl (C=O) groups is 1. The number of sulfonamides is 1. The normalized spacial score (nSPS) is 11.2. The summed E-state index contributed by atoms with van der Waals surface area (Å²) in [5.74, 6) is 0.228. The lowest BCUT2D eigenvalue weighted by molar-refractivity contribution is -0.129. The summed E-state index contributed by atoms with van der Waals surface area (Å²) in [5, 5.41) is 0.205. The van der Waals surface area contributed by atoms with Gasteiger partial charge in [-0.1, -0.05) is 17.7 Å². The van der Waals surface area contributed by atoms with E-state index in [2.05, 4.69) is 9.71 Å². The quantitative estimate of drug-likeness (QED) is 0.736. The first-order chi connectivity index (χ1) is 12.3. The van der Waals surface area contributed by atoms with E-state index in [9.17, 15) is 13.2 Å². The fourth-order valence-corrected chi connectivity index (χ4v) is 3.62. The molecule has 1 aromatic carbocycles. The van der Waals surface area contributed by atoms with Crippen LogP contribution in [-0.4, -0.2) is 44.4 Å². The van der Waals surface area contributed by atoms with Gasteiger partial charge in [0.1, 0.15) is 5.75 Å². The van der Waals surface area contributed by atoms with E-state index >= 15 is 0 Å². The van der Waals surface area contributed by atoms with Crippen LogP contribution in [-0.2, 0) is 21.4 Å². The molecule has 2 rings (SSSR count). The van der Waals surface area contributed by atoms with Gasteiger partial charge in [-0.05, 0) is 30.3 Å². The van der Waals surface area contributed by atoms with Crippen molar-refractivity contribution in [3.63, 3.8) is 0 Å². The number of amides is 1. The van der Waals surface area contributed by atoms with Gasteiger partial charge >= 0.3 is 0 Å². The van der Waals surface area contributed by atoms with Crippen LogP contribution in [0.4, 0.5) is 0 Å². The molecule has 1 aromatic heterocycles. The maximum Gasteiger partial charge on any atom is 0.240 e. The molecule has 26 heavy (non-hydrogen) atoms. The maximum atomic E-state index is 12.4. The summed E-state index contributed by atoms with van der Waals surface area (Å²) >= 11 is 5.97. The van der Waals surface area contributed by atoms with E-state index in [1.165, 1.54) is 37.1 Å². The van der Waals surface area contributed by atoms with Gasteiger partial charge in [-0.15, -0.1) is 0 Å². The van der Waals surface area contributed by atoms with Crippen molar-refractivity contribution in [3.05, 3.63) is 53.3 Å². The van der Waals surface area contributed by atoms with Gasteiger partial charge in [0.2, 0.25) is 15.9 Å². The van der Waals surface area contributed by atoms with Crippen LogP contribution in [0.25, 0.3) is 0 Å². The second-order valence-electron chi connectivity index (χ2n) is 5.46. The standard InChI is InChI=1S/C17H20ClN3O4S/c1-13(22)21(12-14-5-3-4-8-19-14)10-9-20-26(23,24)15-6-7-17(25-2)16(18)11-15/h3-8,11,20H,9-10,12H2,1-2H3. The van der Waals surface area contributed by atoms with Crippen molar-refractivity contribution in [2.75, 3.05) is 20.2 Å². The fraction of sp³-hybridized carbons (Fsp3) is 0.294. The summed E-state index contributed by atoms with van der Waals surface area (Å²) in [5.41, 5.74) is 0.729. The van der Waals surface area contributed by atoms with Crippen LogP contribution in [0.1, 0.15) is 12.6 Å². The predicted molar refractivity (Wildman–Crippen MR) is 98.5 cm³/mol. The first-order valence-corrected chi connectivity index (χ1v) is 9.68. The molecule has 0 atom stereocenters. The summed E-state index contributed by atoms with van der Waals surface area (Å²) in [6, 6.07) is 9.63. The van der Waals surface area contributed by atoms with E-state index in [-0.39, 0.29) is 28.9 Å². The number of methoxy groups -OCH3 is 1. The third-order valence-electron chi connectivity index (χ3n) is 3.63. The summed E-state index contributed by atoms with van der Waals surface area (Å²) in [6.45, 7) is 2.03. The van der Waals surface area contributed by atoms with E-state index < -0.39 is 10.0 Å². The Morgan fingerprint density at radius 2 is 2.08 bits per heavy atom. The van der Waals surface area contributed by atoms with Crippen LogP contribution >= 0.6 is 11.6 Å². The highest BCUT2D eigenvalue weighted by Gasteiger charge is 2.17. The molecule has 0 fully saturated rings. The zero-order chi connectivity index (χ0) is 19.2. The van der Waals surface area contributed by atoms with E-state index in [1.807, 2.05) is 6.07 Å². The molecule has 1 amide bonds. The molecular formula is C17H20ClN3O4S. The van der Waals surface area contributed by atoms with Crippen LogP contribution in [0, 0.1) is 0 Å². The fourth-order valence-electron chi connectivity index (χ4n) is 2.25. The van der Waals surface area contributed by atoms with Gasteiger partial charge in [0.15, 0.2) is 0 Å². The van der Waals surface area contributed by atoms with Gasteiger partial charge in [-0.2, -0.15) is 0 Å². The van der Waals surface area contributed by atoms with Crippen molar-refractivity contribution in [2.45, 2.75) is 18.4 Å². The molecule has 7 nitrogen and oxygen atoms in total. The largest absolute Gasteiger partial charge is 0.495 e. The SMILES string of the molecule is COc1ccc(S(=O)(=O)NCCN(Cc2ccccn2)C(C)=O)cc1Cl. The highest BCUT2D eigenvalue weighted by molar-refractivity contribution is 7.89. The molecule has 140 valence electrons. The molecule has 0 radical (unpaired) electrons. The van der Waals surface area contributed by atoms with E-state index in [1.54, 1.807) is 18.3 Å². The molecule has 0 saturated carbocycles. The zero-order valence-corrected chi connectivity index (χ0v) is 16.0. The minimum Gasteiger partial charge on any atom is -0.495 e. The van der Waals surface area contributed by atoms with E-state index in [0.717, 1.165) is 5.69 Å².